The van der Waals surface area contributed by atoms with Gasteiger partial charge in [0.2, 0.25) is 0 Å². The molecule has 0 heterocycles. The maximum Gasteiger partial charge on any atom is 0.309 e. The monoisotopic (exact) mass is 406 g/mol. The second kappa shape index (κ2) is 7.76. The first-order chi connectivity index (χ1) is 14.2. The fourth-order valence-corrected chi connectivity index (χ4v) is 5.95. The number of benzene rings is 2. The van der Waals surface area contributed by atoms with Crippen molar-refractivity contribution < 1.29 is 14.6 Å². The molecule has 30 heavy (non-hydrogen) atoms. The van der Waals surface area contributed by atoms with Gasteiger partial charge < -0.3 is 9.84 Å². The van der Waals surface area contributed by atoms with Gasteiger partial charge in [-0.15, -0.1) is 0 Å². The topological polar surface area (TPSA) is 46.5 Å². The van der Waals surface area contributed by atoms with E-state index in [0.717, 1.165) is 43.4 Å². The Hall–Kier alpha value is -2.29. The summed E-state index contributed by atoms with van der Waals surface area (Å²) in [6.07, 6.45) is 4.70. The third-order valence-corrected chi connectivity index (χ3v) is 7.87. The van der Waals surface area contributed by atoms with Gasteiger partial charge in [-0.2, -0.15) is 0 Å². The average molecular weight is 407 g/mol. The summed E-state index contributed by atoms with van der Waals surface area (Å²) in [5.41, 5.74) is 4.43. The van der Waals surface area contributed by atoms with Crippen molar-refractivity contribution in [1.29, 1.82) is 0 Å². The Morgan fingerprint density at radius 3 is 2.53 bits per heavy atom. The summed E-state index contributed by atoms with van der Waals surface area (Å²) in [6, 6.07) is 15.1. The zero-order chi connectivity index (χ0) is 21.5. The van der Waals surface area contributed by atoms with Crippen molar-refractivity contribution in [2.24, 2.45) is 11.3 Å². The van der Waals surface area contributed by atoms with Crippen LogP contribution in [-0.4, -0.2) is 11.1 Å². The van der Waals surface area contributed by atoms with E-state index in [1.165, 1.54) is 16.7 Å². The molecule has 0 radical (unpaired) electrons. The van der Waals surface area contributed by atoms with Gasteiger partial charge in [0.1, 0.15) is 12.4 Å². The molecule has 2 aliphatic rings. The first kappa shape index (κ1) is 21.0. The molecule has 160 valence electrons. The molecular formula is C27H34O3. The van der Waals surface area contributed by atoms with Gasteiger partial charge in [-0.3, -0.25) is 4.79 Å². The number of fused-ring (bicyclic) bond motifs is 3. The molecule has 0 aromatic heterocycles. The summed E-state index contributed by atoms with van der Waals surface area (Å²) < 4.78 is 6.17. The van der Waals surface area contributed by atoms with Crippen LogP contribution in [0.15, 0.2) is 42.5 Å². The molecule has 0 unspecified atom stereocenters. The molecule has 1 saturated carbocycles. The van der Waals surface area contributed by atoms with Gasteiger partial charge in [-0.1, -0.05) is 57.5 Å². The first-order valence-electron chi connectivity index (χ1n) is 11.3. The van der Waals surface area contributed by atoms with Crippen LogP contribution in [0, 0.1) is 11.3 Å². The number of carbonyl (C=O) groups is 1. The second-order valence-electron chi connectivity index (χ2n) is 10.1. The molecule has 0 bridgehead atoms. The number of aliphatic carboxylic acids is 1. The van der Waals surface area contributed by atoms with Crippen LogP contribution < -0.4 is 4.74 Å². The lowest BCUT2D eigenvalue weighted by Gasteiger charge is -2.53. The minimum atomic E-state index is -0.640. The van der Waals surface area contributed by atoms with Crippen molar-refractivity contribution in [1.82, 2.24) is 0 Å². The normalized spacial score (nSPS) is 28.0. The maximum atomic E-state index is 12.2. The van der Waals surface area contributed by atoms with E-state index in [1.54, 1.807) is 0 Å². The van der Waals surface area contributed by atoms with Gasteiger partial charge in [-0.05, 0) is 84.2 Å². The largest absolute Gasteiger partial charge is 0.489 e. The molecule has 3 heteroatoms. The van der Waals surface area contributed by atoms with Gasteiger partial charge in [0.05, 0.1) is 5.41 Å². The number of hydrogen-bond acceptors (Lipinski definition) is 2. The highest BCUT2D eigenvalue weighted by Gasteiger charge is 2.55. The van der Waals surface area contributed by atoms with E-state index >= 15 is 0 Å². The van der Waals surface area contributed by atoms with Crippen molar-refractivity contribution in [2.45, 2.75) is 77.7 Å². The van der Waals surface area contributed by atoms with E-state index < -0.39 is 11.4 Å². The van der Waals surface area contributed by atoms with E-state index in [9.17, 15) is 9.90 Å². The van der Waals surface area contributed by atoms with E-state index in [2.05, 4.69) is 63.2 Å². The van der Waals surface area contributed by atoms with Crippen molar-refractivity contribution in [3.05, 3.63) is 64.7 Å². The molecule has 4 rings (SSSR count). The average Bonchev–Trinajstić information content (AvgIpc) is 2.72. The quantitative estimate of drug-likeness (QED) is 0.618. The lowest BCUT2D eigenvalue weighted by atomic mass is 9.50. The van der Waals surface area contributed by atoms with Crippen molar-refractivity contribution in [3.8, 4) is 5.75 Å². The first-order valence-corrected chi connectivity index (χ1v) is 11.3. The summed E-state index contributed by atoms with van der Waals surface area (Å²) in [5, 5.41) is 9.99. The predicted octanol–water partition coefficient (Wildman–Crippen LogP) is 6.48. The number of ether oxygens (including phenoxy) is 1. The van der Waals surface area contributed by atoms with Crippen LogP contribution in [0.25, 0.3) is 0 Å². The highest BCUT2D eigenvalue weighted by Crippen LogP contribution is 2.57. The highest BCUT2D eigenvalue weighted by molar-refractivity contribution is 5.75. The number of rotatable bonds is 5. The predicted molar refractivity (Wildman–Crippen MR) is 120 cm³/mol. The number of carboxylic acids is 1. The third-order valence-electron chi connectivity index (χ3n) is 7.87. The molecule has 1 N–H and O–H groups in total. The Kier molecular flexibility index (Phi) is 5.42. The van der Waals surface area contributed by atoms with Gasteiger partial charge >= 0.3 is 5.97 Å². The SMILES string of the molecule is CC(C)c1ccc(COc2ccc3c(c2)[C@@]2(C)CCC[C@](C)(C(=O)O)[C@@H]2CC3)cc1. The van der Waals surface area contributed by atoms with Crippen molar-refractivity contribution in [2.75, 3.05) is 0 Å². The fraction of sp³-hybridized carbons (Fsp3) is 0.519. The van der Waals surface area contributed by atoms with Crippen LogP contribution >= 0.6 is 0 Å². The van der Waals surface area contributed by atoms with Crippen molar-refractivity contribution >= 4 is 5.97 Å². The summed E-state index contributed by atoms with van der Waals surface area (Å²) in [7, 11) is 0. The number of carboxylic acid groups (broad SMARTS) is 1. The molecule has 3 atom stereocenters. The molecule has 2 aromatic carbocycles. The molecule has 1 fully saturated rings. The summed E-state index contributed by atoms with van der Waals surface area (Å²) in [6.45, 7) is 9.19. The summed E-state index contributed by atoms with van der Waals surface area (Å²) >= 11 is 0. The van der Waals surface area contributed by atoms with Crippen LogP contribution in [0.4, 0.5) is 0 Å². The highest BCUT2D eigenvalue weighted by atomic mass is 16.5. The molecular weight excluding hydrogens is 372 g/mol. The van der Waals surface area contributed by atoms with E-state index in [4.69, 9.17) is 4.74 Å². The Balaban J connectivity index is 1.57. The van der Waals surface area contributed by atoms with Gasteiger partial charge in [-0.25, -0.2) is 0 Å². The Morgan fingerprint density at radius 2 is 1.87 bits per heavy atom. The summed E-state index contributed by atoms with van der Waals surface area (Å²) in [5.74, 6) is 0.939. The van der Waals surface area contributed by atoms with Crippen molar-refractivity contribution in [3.63, 3.8) is 0 Å². The molecule has 2 aliphatic carbocycles. The molecule has 3 nitrogen and oxygen atoms in total. The molecule has 2 aromatic rings. The van der Waals surface area contributed by atoms with Crippen LogP contribution in [0.2, 0.25) is 0 Å². The van der Waals surface area contributed by atoms with Gasteiger partial charge in [0.15, 0.2) is 0 Å². The Morgan fingerprint density at radius 1 is 1.13 bits per heavy atom. The zero-order valence-electron chi connectivity index (χ0n) is 18.7. The minimum Gasteiger partial charge on any atom is -0.489 e. The molecule has 0 amide bonds. The Labute approximate surface area is 180 Å². The molecule has 0 spiro atoms. The van der Waals surface area contributed by atoms with Crippen LogP contribution in [0.3, 0.4) is 0 Å². The standard InChI is InChI=1S/C27H34O3/c1-18(2)20-8-6-19(7-9-20)17-30-22-12-10-21-11-13-24-26(3,23(21)16-22)14-5-15-27(24,4)25(28)29/h6-10,12,16,18,24H,5,11,13-15,17H2,1-4H3,(H,28,29)/t24-,26-,27+/m1/s1. The number of hydrogen-bond donors (Lipinski definition) is 1. The van der Waals surface area contributed by atoms with Crippen LogP contribution in [0.1, 0.15) is 81.5 Å². The van der Waals surface area contributed by atoms with E-state index in [-0.39, 0.29) is 11.3 Å². The molecule has 0 saturated heterocycles. The summed E-state index contributed by atoms with van der Waals surface area (Å²) in [4.78, 5) is 12.2. The Bertz CT molecular complexity index is 930. The van der Waals surface area contributed by atoms with Gasteiger partial charge in [0.25, 0.3) is 0 Å². The van der Waals surface area contributed by atoms with E-state index in [0.29, 0.717) is 12.5 Å². The second-order valence-corrected chi connectivity index (χ2v) is 10.1. The molecule has 0 aliphatic heterocycles. The third kappa shape index (κ3) is 3.53. The number of aryl methyl sites for hydroxylation is 1. The van der Waals surface area contributed by atoms with E-state index in [1.807, 2.05) is 6.92 Å². The van der Waals surface area contributed by atoms with Crippen LogP contribution in [-0.2, 0) is 23.2 Å². The minimum absolute atomic E-state index is 0.0999. The lowest BCUT2D eigenvalue weighted by Crippen LogP contribution is -2.52. The smallest absolute Gasteiger partial charge is 0.309 e. The fourth-order valence-electron chi connectivity index (χ4n) is 5.95. The lowest BCUT2D eigenvalue weighted by molar-refractivity contribution is -0.157. The van der Waals surface area contributed by atoms with Crippen LogP contribution in [0.5, 0.6) is 5.75 Å². The zero-order valence-corrected chi connectivity index (χ0v) is 18.7. The van der Waals surface area contributed by atoms with Gasteiger partial charge in [0, 0.05) is 0 Å². The maximum absolute atomic E-state index is 12.2.